The van der Waals surface area contributed by atoms with E-state index in [9.17, 15) is 18.0 Å². The molecule has 0 aromatic heterocycles. The number of rotatable bonds is 4. The smallest absolute Gasteiger partial charge is 0.406 e. The van der Waals surface area contributed by atoms with Gasteiger partial charge in [-0.05, 0) is 47.4 Å². The van der Waals surface area contributed by atoms with E-state index in [1.165, 1.54) is 12.1 Å². The van der Waals surface area contributed by atoms with Crippen molar-refractivity contribution in [3.63, 3.8) is 0 Å². The first-order chi connectivity index (χ1) is 15.2. The highest BCUT2D eigenvalue weighted by atomic mass is 19.4. The summed E-state index contributed by atoms with van der Waals surface area (Å²) < 4.78 is 41.2. The summed E-state index contributed by atoms with van der Waals surface area (Å²) in [7, 11) is 1.93. The number of carbonyl (C=O) groups excluding carboxylic acids is 1. The summed E-state index contributed by atoms with van der Waals surface area (Å²) in [4.78, 5) is 14.6. The van der Waals surface area contributed by atoms with Gasteiger partial charge in [-0.2, -0.15) is 0 Å². The average molecular weight is 445 g/mol. The van der Waals surface area contributed by atoms with Gasteiger partial charge in [-0.1, -0.05) is 58.1 Å². The van der Waals surface area contributed by atoms with Gasteiger partial charge < -0.3 is 9.64 Å². The summed E-state index contributed by atoms with van der Waals surface area (Å²) in [5.41, 5.74) is 5.74. The van der Waals surface area contributed by atoms with E-state index in [1.807, 2.05) is 45.7 Å². The molecule has 0 bridgehead atoms. The van der Waals surface area contributed by atoms with Crippen LogP contribution in [-0.4, -0.2) is 25.7 Å². The van der Waals surface area contributed by atoms with Crippen molar-refractivity contribution in [1.29, 1.82) is 0 Å². The molecule has 0 fully saturated rings. The zero-order valence-corrected chi connectivity index (χ0v) is 19.1. The fourth-order valence-electron chi connectivity index (χ4n) is 3.49. The van der Waals surface area contributed by atoms with Crippen LogP contribution >= 0.6 is 0 Å². The maximum absolute atomic E-state index is 12.6. The molecule has 4 rings (SSSR count). The largest absolute Gasteiger partial charge is 0.573 e. The molecule has 0 amide bonds. The van der Waals surface area contributed by atoms with E-state index >= 15 is 0 Å². The summed E-state index contributed by atoms with van der Waals surface area (Å²) >= 11 is 0. The van der Waals surface area contributed by atoms with Crippen molar-refractivity contribution >= 4 is 11.5 Å². The lowest BCUT2D eigenvalue weighted by molar-refractivity contribution is -0.274. The molecule has 3 nitrogen and oxygen atoms in total. The van der Waals surface area contributed by atoms with Crippen LogP contribution in [-0.2, 0) is 6.42 Å². The molecule has 2 aromatic carbocycles. The van der Waals surface area contributed by atoms with Crippen LogP contribution in [0.1, 0.15) is 43.6 Å². The number of hydrogen-bond donors (Lipinski definition) is 0. The van der Waals surface area contributed by atoms with E-state index in [1.54, 1.807) is 30.7 Å². The van der Waals surface area contributed by atoms with Gasteiger partial charge in [0, 0.05) is 36.8 Å². The van der Waals surface area contributed by atoms with E-state index < -0.39 is 6.36 Å². The maximum Gasteiger partial charge on any atom is 0.573 e. The van der Waals surface area contributed by atoms with Crippen LogP contribution in [0.4, 0.5) is 18.9 Å². The number of halogens is 3. The number of ketones is 1. The number of anilines is 1. The highest BCUT2D eigenvalue weighted by molar-refractivity contribution is 6.15. The minimum atomic E-state index is -4.73. The predicted molar refractivity (Wildman–Crippen MR) is 124 cm³/mol. The first kappa shape index (κ1) is 25.2. The van der Waals surface area contributed by atoms with E-state index in [2.05, 4.69) is 11.3 Å². The summed E-state index contributed by atoms with van der Waals surface area (Å²) in [6, 6.07) is 9.39. The molecule has 0 saturated carbocycles. The second-order valence-corrected chi connectivity index (χ2v) is 6.99. The number of benzene rings is 2. The van der Waals surface area contributed by atoms with E-state index in [-0.39, 0.29) is 11.5 Å². The lowest BCUT2D eigenvalue weighted by Crippen LogP contribution is -2.27. The van der Waals surface area contributed by atoms with Crippen molar-refractivity contribution < 1.29 is 22.7 Å². The first-order valence-electron chi connectivity index (χ1n) is 10.7. The molecule has 1 aliphatic carbocycles. The number of likely N-dealkylation sites (N-methyl/N-ethyl adjacent to an activating group) is 1. The Balaban J connectivity index is 0.000000860. The van der Waals surface area contributed by atoms with Gasteiger partial charge in [0.25, 0.3) is 0 Å². The molecule has 2 aliphatic rings. The molecule has 0 saturated heterocycles. The van der Waals surface area contributed by atoms with E-state index in [0.29, 0.717) is 24.1 Å². The highest BCUT2D eigenvalue weighted by Crippen LogP contribution is 2.39. The van der Waals surface area contributed by atoms with Crippen LogP contribution in [0.3, 0.4) is 0 Å². The second-order valence-electron chi connectivity index (χ2n) is 6.99. The van der Waals surface area contributed by atoms with Crippen LogP contribution in [0.15, 0.2) is 60.2 Å². The zero-order chi connectivity index (χ0) is 24.1. The summed E-state index contributed by atoms with van der Waals surface area (Å²) in [5.74, 6) is -0.338. The third-order valence-corrected chi connectivity index (χ3v) is 4.78. The number of ether oxygens (including phenoxy) is 1. The standard InChI is InChI=1S/C22H17F3NO2.2C2H6/c1-13-9-19-18(14-5-7-17(8-6-14)28-22(23,24)25)10-16(21(27)15-3-4-15)11-20(19)26(2)12-13;2*1-2/h3-8,10-11H,1,9,12H2,2H3;2*1-2H3. The number of carbonyl (C=O) groups is 1. The van der Waals surface area contributed by atoms with E-state index in [4.69, 9.17) is 0 Å². The summed E-state index contributed by atoms with van der Waals surface area (Å²) in [6.07, 6.45) is -0.562. The number of alkyl halides is 3. The Morgan fingerprint density at radius 3 is 2.19 bits per heavy atom. The lowest BCUT2D eigenvalue weighted by atomic mass is 9.88. The van der Waals surface area contributed by atoms with Gasteiger partial charge in [0.15, 0.2) is 5.78 Å². The van der Waals surface area contributed by atoms with Crippen molar-refractivity contribution in [1.82, 2.24) is 0 Å². The molecule has 1 aliphatic heterocycles. The van der Waals surface area contributed by atoms with Gasteiger partial charge in [-0.3, -0.25) is 4.79 Å². The zero-order valence-electron chi connectivity index (χ0n) is 19.1. The average Bonchev–Trinajstić information content (AvgIpc) is 3.60. The summed E-state index contributed by atoms with van der Waals surface area (Å²) in [6.45, 7) is 12.8. The molecule has 2 aromatic rings. The minimum absolute atomic E-state index is 0.0566. The van der Waals surface area contributed by atoms with Gasteiger partial charge in [0.2, 0.25) is 0 Å². The van der Waals surface area contributed by atoms with Crippen LogP contribution in [0.5, 0.6) is 5.75 Å². The summed E-state index contributed by atoms with van der Waals surface area (Å²) in [5, 5.41) is 0. The lowest BCUT2D eigenvalue weighted by Gasteiger charge is -2.31. The van der Waals surface area contributed by atoms with Crippen molar-refractivity contribution in [2.45, 2.75) is 40.5 Å². The number of allylic oxidation sites excluding steroid dienone is 2. The van der Waals surface area contributed by atoms with Crippen LogP contribution in [0.25, 0.3) is 11.1 Å². The third-order valence-electron chi connectivity index (χ3n) is 4.78. The van der Waals surface area contributed by atoms with Crippen LogP contribution < -0.4 is 9.64 Å². The number of Topliss-reactive ketones (excluding diaryl/α,β-unsaturated/α-hetero) is 1. The van der Waals surface area contributed by atoms with Crippen molar-refractivity contribution in [3.8, 4) is 16.9 Å². The fraction of sp³-hybridized carbons (Fsp3) is 0.308. The molecule has 171 valence electrons. The topological polar surface area (TPSA) is 29.5 Å². The SMILES string of the molecule is C=C1Cc2c(-c3ccc(OC(F)(F)F)cc3)cc(C(=O)C3=C[CH]3)cc2N(C)C1.CC.CC. The Morgan fingerprint density at radius 1 is 1.06 bits per heavy atom. The predicted octanol–water partition coefficient (Wildman–Crippen LogP) is 7.18. The molecular weight excluding hydrogens is 415 g/mol. The van der Waals surface area contributed by atoms with Crippen LogP contribution in [0.2, 0.25) is 0 Å². The first-order valence-corrected chi connectivity index (χ1v) is 10.7. The van der Waals surface area contributed by atoms with Gasteiger partial charge >= 0.3 is 6.36 Å². The second kappa shape index (κ2) is 10.5. The minimum Gasteiger partial charge on any atom is -0.406 e. The number of nitrogens with zero attached hydrogens (tertiary/aromatic N) is 1. The Labute approximate surface area is 188 Å². The van der Waals surface area contributed by atoms with Gasteiger partial charge in [0.05, 0.1) is 0 Å². The molecule has 1 heterocycles. The Bertz CT molecular complexity index is 1000. The molecular formula is C26H29F3NO2. The highest BCUT2D eigenvalue weighted by Gasteiger charge is 2.31. The molecule has 0 unspecified atom stereocenters. The molecule has 6 heteroatoms. The Morgan fingerprint density at radius 2 is 1.66 bits per heavy atom. The molecule has 0 N–H and O–H groups in total. The normalized spacial score (nSPS) is 14.2. The van der Waals surface area contributed by atoms with Gasteiger partial charge in [-0.25, -0.2) is 0 Å². The number of fused-ring (bicyclic) bond motifs is 1. The molecule has 0 atom stereocenters. The van der Waals surface area contributed by atoms with Gasteiger partial charge in [0.1, 0.15) is 5.75 Å². The maximum atomic E-state index is 12.6. The number of hydrogen-bond acceptors (Lipinski definition) is 3. The van der Waals surface area contributed by atoms with Gasteiger partial charge in [-0.15, -0.1) is 13.2 Å². The van der Waals surface area contributed by atoms with Crippen molar-refractivity contribution in [3.05, 3.63) is 77.7 Å². The quantitative estimate of drug-likeness (QED) is 0.369. The monoisotopic (exact) mass is 444 g/mol. The Hall–Kier alpha value is -3.02. The molecule has 0 spiro atoms. The van der Waals surface area contributed by atoms with Crippen LogP contribution in [0, 0.1) is 6.42 Å². The van der Waals surface area contributed by atoms with Crippen molar-refractivity contribution in [2.24, 2.45) is 0 Å². The third kappa shape index (κ3) is 6.02. The fourth-order valence-corrected chi connectivity index (χ4v) is 3.49. The molecule has 1 radical (unpaired) electrons. The molecule has 32 heavy (non-hydrogen) atoms. The van der Waals surface area contributed by atoms with E-state index in [0.717, 1.165) is 28.0 Å². The van der Waals surface area contributed by atoms with Crippen molar-refractivity contribution in [2.75, 3.05) is 18.5 Å². The Kier molecular flexibility index (Phi) is 8.31.